The number of amides is 2. The molecule has 2 aromatic rings. The van der Waals surface area contributed by atoms with Crippen LogP contribution in [0.4, 0.5) is 0 Å². The molecule has 174 valence electrons. The molecule has 2 rings (SSSR count). The van der Waals surface area contributed by atoms with Gasteiger partial charge in [0.05, 0.1) is 5.75 Å². The summed E-state index contributed by atoms with van der Waals surface area (Å²) < 4.78 is 0. The van der Waals surface area contributed by atoms with Crippen LogP contribution in [0.25, 0.3) is 0 Å². The fraction of sp³-hybridized carbons (Fsp3) is 0.440. The molecule has 0 aliphatic rings. The van der Waals surface area contributed by atoms with E-state index in [9.17, 15) is 9.59 Å². The number of hydrogen-bond donors (Lipinski definition) is 1. The molecule has 0 heterocycles. The second-order valence-electron chi connectivity index (χ2n) is 8.86. The van der Waals surface area contributed by atoms with Crippen LogP contribution < -0.4 is 5.32 Å². The summed E-state index contributed by atoms with van der Waals surface area (Å²) in [5.41, 5.74) is 2.58. The summed E-state index contributed by atoms with van der Waals surface area (Å²) >= 11 is 14.0. The Labute approximate surface area is 206 Å². The number of halogens is 2. The van der Waals surface area contributed by atoms with Gasteiger partial charge in [0.25, 0.3) is 0 Å². The number of aryl methyl sites for hydroxylation is 1. The third kappa shape index (κ3) is 8.02. The third-order valence-electron chi connectivity index (χ3n) is 4.89. The topological polar surface area (TPSA) is 49.4 Å². The van der Waals surface area contributed by atoms with E-state index in [-0.39, 0.29) is 23.1 Å². The molecule has 0 aliphatic carbocycles. The lowest BCUT2D eigenvalue weighted by Gasteiger charge is -2.33. The van der Waals surface area contributed by atoms with E-state index >= 15 is 0 Å². The second-order valence-corrected chi connectivity index (χ2v) is 10.7. The Morgan fingerprint density at radius 2 is 1.66 bits per heavy atom. The number of rotatable bonds is 9. The van der Waals surface area contributed by atoms with E-state index in [2.05, 4.69) is 5.32 Å². The molecular formula is C25H32Cl2N2O2S. The fourth-order valence-corrected chi connectivity index (χ4v) is 4.90. The summed E-state index contributed by atoms with van der Waals surface area (Å²) in [6, 6.07) is 12.9. The predicted octanol–water partition coefficient (Wildman–Crippen LogP) is 6.26. The van der Waals surface area contributed by atoms with Crippen LogP contribution in [0, 0.1) is 6.92 Å². The molecule has 0 aromatic heterocycles. The smallest absolute Gasteiger partial charge is 0.243 e. The SMILES string of the molecule is CC[C@H](C(=O)NC(C)(C)C)N(Cc1ccc(C)cc1)C(=O)CSCc1c(Cl)cccc1Cl. The van der Waals surface area contributed by atoms with Gasteiger partial charge in [0, 0.05) is 27.9 Å². The molecule has 0 bridgehead atoms. The molecule has 4 nitrogen and oxygen atoms in total. The minimum atomic E-state index is -0.549. The van der Waals surface area contributed by atoms with Crippen molar-refractivity contribution < 1.29 is 9.59 Å². The lowest BCUT2D eigenvalue weighted by molar-refractivity contribution is -0.140. The largest absolute Gasteiger partial charge is 0.350 e. The van der Waals surface area contributed by atoms with E-state index in [4.69, 9.17) is 23.2 Å². The van der Waals surface area contributed by atoms with Crippen molar-refractivity contribution in [2.24, 2.45) is 0 Å². The number of thioether (sulfide) groups is 1. The molecule has 0 saturated heterocycles. The molecule has 0 spiro atoms. The van der Waals surface area contributed by atoms with Gasteiger partial charge in [-0.25, -0.2) is 0 Å². The molecule has 7 heteroatoms. The van der Waals surface area contributed by atoms with Crippen molar-refractivity contribution in [1.29, 1.82) is 0 Å². The number of carbonyl (C=O) groups excluding carboxylic acids is 2. The summed E-state index contributed by atoms with van der Waals surface area (Å²) in [4.78, 5) is 28.0. The Balaban J connectivity index is 2.18. The number of hydrogen-bond acceptors (Lipinski definition) is 3. The van der Waals surface area contributed by atoms with Crippen LogP contribution in [-0.2, 0) is 21.9 Å². The van der Waals surface area contributed by atoms with E-state index in [1.807, 2.05) is 58.9 Å². The highest BCUT2D eigenvalue weighted by molar-refractivity contribution is 7.99. The minimum Gasteiger partial charge on any atom is -0.350 e. The van der Waals surface area contributed by atoms with Crippen LogP contribution in [0.5, 0.6) is 0 Å². The van der Waals surface area contributed by atoms with E-state index in [0.717, 1.165) is 16.7 Å². The van der Waals surface area contributed by atoms with Gasteiger partial charge in [-0.05, 0) is 57.4 Å². The minimum absolute atomic E-state index is 0.0883. The first-order valence-electron chi connectivity index (χ1n) is 10.7. The van der Waals surface area contributed by atoms with Gasteiger partial charge in [-0.1, -0.05) is 66.0 Å². The summed E-state index contributed by atoms with van der Waals surface area (Å²) in [6.07, 6.45) is 0.528. The van der Waals surface area contributed by atoms with Crippen molar-refractivity contribution in [3.05, 3.63) is 69.2 Å². The van der Waals surface area contributed by atoms with Crippen LogP contribution >= 0.6 is 35.0 Å². The van der Waals surface area contributed by atoms with E-state index in [1.165, 1.54) is 11.8 Å². The van der Waals surface area contributed by atoms with Gasteiger partial charge >= 0.3 is 0 Å². The van der Waals surface area contributed by atoms with Gasteiger partial charge in [-0.15, -0.1) is 11.8 Å². The second kappa shape index (κ2) is 12.0. The molecule has 0 unspecified atom stereocenters. The van der Waals surface area contributed by atoms with Gasteiger partial charge in [0.1, 0.15) is 6.04 Å². The Hall–Kier alpha value is -1.69. The maximum absolute atomic E-state index is 13.3. The van der Waals surface area contributed by atoms with Gasteiger partial charge < -0.3 is 10.2 Å². The van der Waals surface area contributed by atoms with Crippen molar-refractivity contribution in [2.75, 3.05) is 5.75 Å². The van der Waals surface area contributed by atoms with Crippen molar-refractivity contribution in [1.82, 2.24) is 10.2 Å². The van der Waals surface area contributed by atoms with Crippen LogP contribution in [0.2, 0.25) is 10.0 Å². The maximum Gasteiger partial charge on any atom is 0.243 e. The Morgan fingerprint density at radius 1 is 1.06 bits per heavy atom. The zero-order chi connectivity index (χ0) is 23.9. The quantitative estimate of drug-likeness (QED) is 0.447. The molecule has 1 atom stereocenters. The number of nitrogens with zero attached hydrogens (tertiary/aromatic N) is 1. The number of benzene rings is 2. The Kier molecular flexibility index (Phi) is 9.93. The lowest BCUT2D eigenvalue weighted by atomic mass is 10.1. The molecule has 2 amide bonds. The Bertz CT molecular complexity index is 906. The van der Waals surface area contributed by atoms with Crippen LogP contribution in [0.1, 0.15) is 50.8 Å². The lowest BCUT2D eigenvalue weighted by Crippen LogP contribution is -2.53. The number of nitrogens with one attached hydrogen (secondary N) is 1. The highest BCUT2D eigenvalue weighted by Gasteiger charge is 2.30. The molecule has 0 saturated carbocycles. The normalized spacial score (nSPS) is 12.3. The number of carbonyl (C=O) groups is 2. The Morgan fingerprint density at radius 3 is 2.19 bits per heavy atom. The first-order valence-corrected chi connectivity index (χ1v) is 12.6. The molecule has 0 radical (unpaired) electrons. The molecule has 0 fully saturated rings. The summed E-state index contributed by atoms with van der Waals surface area (Å²) in [5, 5.41) is 4.20. The van der Waals surface area contributed by atoms with E-state index < -0.39 is 6.04 Å². The monoisotopic (exact) mass is 494 g/mol. The average Bonchev–Trinajstić information content (AvgIpc) is 2.70. The maximum atomic E-state index is 13.3. The standard InChI is InChI=1S/C25H32Cl2N2O2S/c1-6-22(24(31)28-25(3,4)5)29(14-18-12-10-17(2)11-13-18)23(30)16-32-15-19-20(26)8-7-9-21(19)27/h7-13,22H,6,14-16H2,1-5H3,(H,28,31)/t22-/m1/s1. The van der Waals surface area contributed by atoms with Crippen LogP contribution in [0.3, 0.4) is 0 Å². The third-order valence-corrected chi connectivity index (χ3v) is 6.54. The zero-order valence-corrected chi connectivity index (χ0v) is 21.7. The summed E-state index contributed by atoms with van der Waals surface area (Å²) in [5.74, 6) is 0.523. The fourth-order valence-electron chi connectivity index (χ4n) is 3.26. The van der Waals surface area contributed by atoms with Gasteiger partial charge in [-0.2, -0.15) is 0 Å². The van der Waals surface area contributed by atoms with Gasteiger partial charge in [0.15, 0.2) is 0 Å². The van der Waals surface area contributed by atoms with Gasteiger partial charge in [-0.3, -0.25) is 9.59 Å². The predicted molar refractivity (Wildman–Crippen MR) is 136 cm³/mol. The van der Waals surface area contributed by atoms with E-state index in [1.54, 1.807) is 23.1 Å². The van der Waals surface area contributed by atoms with Crippen LogP contribution in [0.15, 0.2) is 42.5 Å². The van der Waals surface area contributed by atoms with Crippen molar-refractivity contribution in [3.8, 4) is 0 Å². The summed E-state index contributed by atoms with van der Waals surface area (Å²) in [6.45, 7) is 10.1. The first kappa shape index (κ1) is 26.6. The van der Waals surface area contributed by atoms with E-state index in [0.29, 0.717) is 28.8 Å². The van der Waals surface area contributed by atoms with Gasteiger partial charge in [0.2, 0.25) is 11.8 Å². The summed E-state index contributed by atoms with van der Waals surface area (Å²) in [7, 11) is 0. The van der Waals surface area contributed by atoms with Crippen molar-refractivity contribution >= 4 is 46.8 Å². The average molecular weight is 496 g/mol. The first-order chi connectivity index (χ1) is 15.0. The molecule has 2 aromatic carbocycles. The zero-order valence-electron chi connectivity index (χ0n) is 19.4. The van der Waals surface area contributed by atoms with Crippen molar-refractivity contribution in [3.63, 3.8) is 0 Å². The highest BCUT2D eigenvalue weighted by Crippen LogP contribution is 2.28. The van der Waals surface area contributed by atoms with Crippen molar-refractivity contribution in [2.45, 2.75) is 64.9 Å². The highest BCUT2D eigenvalue weighted by atomic mass is 35.5. The molecule has 0 aliphatic heterocycles. The molecular weight excluding hydrogens is 463 g/mol. The van der Waals surface area contributed by atoms with Crippen LogP contribution in [-0.4, -0.2) is 34.0 Å². The molecule has 32 heavy (non-hydrogen) atoms. The molecule has 1 N–H and O–H groups in total.